The van der Waals surface area contributed by atoms with Crippen LogP contribution in [0.25, 0.3) is 0 Å². The summed E-state index contributed by atoms with van der Waals surface area (Å²) in [5.74, 6) is 0. The number of aryl methyl sites for hydroxylation is 2. The van der Waals surface area contributed by atoms with Crippen molar-refractivity contribution in [2.45, 2.75) is 25.8 Å². The molecule has 0 saturated carbocycles. The van der Waals surface area contributed by atoms with Crippen molar-refractivity contribution in [3.63, 3.8) is 0 Å². The first-order valence-electron chi connectivity index (χ1n) is 6.45. The topological polar surface area (TPSA) is 12.0 Å². The lowest BCUT2D eigenvalue weighted by molar-refractivity contribution is 0.762. The second kappa shape index (κ2) is 5.07. The summed E-state index contributed by atoms with van der Waals surface area (Å²) in [7, 11) is 0. The molecular weight excluding hydrogens is 277 g/mol. The summed E-state index contributed by atoms with van der Waals surface area (Å²) in [6.45, 7) is 2.12. The van der Waals surface area contributed by atoms with Crippen LogP contribution in [0, 0.1) is 6.92 Å². The number of halogens is 2. The highest BCUT2D eigenvalue weighted by atomic mass is 35.5. The van der Waals surface area contributed by atoms with Gasteiger partial charge in [-0.05, 0) is 43.0 Å². The molecule has 0 saturated heterocycles. The number of fused-ring (bicyclic) bond motifs is 1. The fourth-order valence-electron chi connectivity index (χ4n) is 2.68. The molecule has 1 aliphatic carbocycles. The highest BCUT2D eigenvalue weighted by Gasteiger charge is 2.23. The molecule has 2 aromatic carbocycles. The van der Waals surface area contributed by atoms with Crippen LogP contribution < -0.4 is 5.32 Å². The van der Waals surface area contributed by atoms with Crippen molar-refractivity contribution in [3.8, 4) is 0 Å². The Morgan fingerprint density at radius 3 is 2.58 bits per heavy atom. The molecule has 3 heteroatoms. The third kappa shape index (κ3) is 2.45. The highest BCUT2D eigenvalue weighted by Crippen LogP contribution is 2.38. The number of anilines is 1. The normalized spacial score (nSPS) is 17.3. The van der Waals surface area contributed by atoms with E-state index in [0.29, 0.717) is 16.1 Å². The zero-order chi connectivity index (χ0) is 13.4. The SMILES string of the molecule is Cc1ccc2c(c1)C(Nc1c(Cl)cccc1Cl)CC2. The van der Waals surface area contributed by atoms with Gasteiger partial charge in [-0.25, -0.2) is 0 Å². The van der Waals surface area contributed by atoms with E-state index in [-0.39, 0.29) is 0 Å². The molecule has 0 bridgehead atoms. The summed E-state index contributed by atoms with van der Waals surface area (Å²) >= 11 is 12.4. The van der Waals surface area contributed by atoms with Crippen LogP contribution in [0.4, 0.5) is 5.69 Å². The average Bonchev–Trinajstić information content (AvgIpc) is 2.76. The Hall–Kier alpha value is -1.18. The molecule has 2 aromatic rings. The maximum Gasteiger partial charge on any atom is 0.0723 e. The quantitative estimate of drug-likeness (QED) is 0.781. The molecule has 98 valence electrons. The molecule has 0 amide bonds. The first-order valence-corrected chi connectivity index (χ1v) is 7.21. The van der Waals surface area contributed by atoms with Crippen molar-refractivity contribution in [1.29, 1.82) is 0 Å². The number of benzene rings is 2. The van der Waals surface area contributed by atoms with Crippen molar-refractivity contribution in [2.24, 2.45) is 0 Å². The molecule has 0 fully saturated rings. The minimum atomic E-state index is 0.298. The lowest BCUT2D eigenvalue weighted by atomic mass is 10.0. The summed E-state index contributed by atoms with van der Waals surface area (Å²) < 4.78 is 0. The van der Waals surface area contributed by atoms with Crippen molar-refractivity contribution < 1.29 is 0 Å². The zero-order valence-electron chi connectivity index (χ0n) is 10.7. The first-order chi connectivity index (χ1) is 9.15. The lowest BCUT2D eigenvalue weighted by Gasteiger charge is -2.18. The largest absolute Gasteiger partial charge is 0.376 e. The molecule has 19 heavy (non-hydrogen) atoms. The van der Waals surface area contributed by atoms with E-state index in [1.54, 1.807) is 0 Å². The third-order valence-electron chi connectivity index (χ3n) is 3.66. The molecule has 1 aliphatic rings. The molecular formula is C16H15Cl2N. The van der Waals surface area contributed by atoms with Crippen molar-refractivity contribution in [3.05, 3.63) is 63.1 Å². The minimum absolute atomic E-state index is 0.298. The van der Waals surface area contributed by atoms with Gasteiger partial charge in [-0.3, -0.25) is 0 Å². The van der Waals surface area contributed by atoms with E-state index in [1.165, 1.54) is 16.7 Å². The van der Waals surface area contributed by atoms with Gasteiger partial charge in [0.15, 0.2) is 0 Å². The van der Waals surface area contributed by atoms with Gasteiger partial charge in [-0.2, -0.15) is 0 Å². The van der Waals surface area contributed by atoms with Gasteiger partial charge in [0.25, 0.3) is 0 Å². The number of hydrogen-bond donors (Lipinski definition) is 1. The van der Waals surface area contributed by atoms with Gasteiger partial charge in [0.2, 0.25) is 0 Å². The molecule has 0 heterocycles. The Morgan fingerprint density at radius 2 is 1.84 bits per heavy atom. The first kappa shape index (κ1) is 12.8. The Kier molecular flexibility index (Phi) is 3.42. The Morgan fingerprint density at radius 1 is 1.11 bits per heavy atom. The number of para-hydroxylation sites is 1. The summed E-state index contributed by atoms with van der Waals surface area (Å²) in [5.41, 5.74) is 4.92. The summed E-state index contributed by atoms with van der Waals surface area (Å²) in [5, 5.41) is 4.85. The van der Waals surface area contributed by atoms with Crippen molar-refractivity contribution in [1.82, 2.24) is 0 Å². The number of hydrogen-bond acceptors (Lipinski definition) is 1. The predicted molar refractivity (Wildman–Crippen MR) is 82.3 cm³/mol. The van der Waals surface area contributed by atoms with Crippen LogP contribution >= 0.6 is 23.2 Å². The van der Waals surface area contributed by atoms with Crippen LogP contribution in [0.2, 0.25) is 10.0 Å². The zero-order valence-corrected chi connectivity index (χ0v) is 12.2. The van der Waals surface area contributed by atoms with E-state index in [2.05, 4.69) is 30.4 Å². The molecule has 0 spiro atoms. The van der Waals surface area contributed by atoms with Crippen LogP contribution in [0.1, 0.15) is 29.2 Å². The fourth-order valence-corrected chi connectivity index (χ4v) is 3.19. The molecule has 0 radical (unpaired) electrons. The minimum Gasteiger partial charge on any atom is -0.376 e. The molecule has 3 rings (SSSR count). The van der Waals surface area contributed by atoms with Crippen molar-refractivity contribution in [2.75, 3.05) is 5.32 Å². The van der Waals surface area contributed by atoms with E-state index in [4.69, 9.17) is 23.2 Å². The van der Waals surface area contributed by atoms with Gasteiger partial charge >= 0.3 is 0 Å². The second-order valence-electron chi connectivity index (χ2n) is 5.03. The van der Waals surface area contributed by atoms with Crippen LogP contribution in [-0.4, -0.2) is 0 Å². The predicted octanol–water partition coefficient (Wildman–Crippen LogP) is 5.40. The van der Waals surface area contributed by atoms with Crippen LogP contribution in [0.5, 0.6) is 0 Å². The Labute approximate surface area is 123 Å². The number of rotatable bonds is 2. The standard InChI is InChI=1S/C16H15Cl2N/c1-10-5-6-11-7-8-15(12(11)9-10)19-16-13(17)3-2-4-14(16)18/h2-6,9,15,19H,7-8H2,1H3. The monoisotopic (exact) mass is 291 g/mol. The average molecular weight is 292 g/mol. The van der Waals surface area contributed by atoms with E-state index in [0.717, 1.165) is 18.5 Å². The second-order valence-corrected chi connectivity index (χ2v) is 5.85. The highest BCUT2D eigenvalue weighted by molar-refractivity contribution is 6.39. The van der Waals surface area contributed by atoms with Crippen molar-refractivity contribution >= 4 is 28.9 Å². The molecule has 1 atom stereocenters. The molecule has 1 N–H and O–H groups in total. The van der Waals surface area contributed by atoms with Crippen LogP contribution in [0.3, 0.4) is 0 Å². The van der Waals surface area contributed by atoms with Gasteiger partial charge in [0.05, 0.1) is 21.8 Å². The Bertz CT molecular complexity index is 602. The van der Waals surface area contributed by atoms with Gasteiger partial charge in [-0.1, -0.05) is 53.0 Å². The van der Waals surface area contributed by atoms with Gasteiger partial charge in [-0.15, -0.1) is 0 Å². The van der Waals surface area contributed by atoms with Gasteiger partial charge in [0.1, 0.15) is 0 Å². The summed E-state index contributed by atoms with van der Waals surface area (Å²) in [6.07, 6.45) is 2.19. The lowest BCUT2D eigenvalue weighted by Crippen LogP contribution is -2.08. The number of nitrogens with one attached hydrogen (secondary N) is 1. The van der Waals surface area contributed by atoms with Gasteiger partial charge in [0, 0.05) is 0 Å². The maximum absolute atomic E-state index is 6.22. The van der Waals surface area contributed by atoms with Crippen LogP contribution in [-0.2, 0) is 6.42 Å². The summed E-state index contributed by atoms with van der Waals surface area (Å²) in [4.78, 5) is 0. The molecule has 1 nitrogen and oxygen atoms in total. The third-order valence-corrected chi connectivity index (χ3v) is 4.29. The fraction of sp³-hybridized carbons (Fsp3) is 0.250. The molecule has 0 aliphatic heterocycles. The smallest absolute Gasteiger partial charge is 0.0723 e. The summed E-state index contributed by atoms with van der Waals surface area (Å²) in [6, 6.07) is 12.5. The molecule has 0 aromatic heterocycles. The van der Waals surface area contributed by atoms with Crippen LogP contribution in [0.15, 0.2) is 36.4 Å². The van der Waals surface area contributed by atoms with Gasteiger partial charge < -0.3 is 5.32 Å². The van der Waals surface area contributed by atoms with E-state index >= 15 is 0 Å². The van der Waals surface area contributed by atoms with E-state index in [9.17, 15) is 0 Å². The van der Waals surface area contributed by atoms with E-state index < -0.39 is 0 Å². The maximum atomic E-state index is 6.22. The van der Waals surface area contributed by atoms with E-state index in [1.807, 2.05) is 18.2 Å². The molecule has 1 unspecified atom stereocenters. The Balaban J connectivity index is 1.93.